The molecule has 0 radical (unpaired) electrons. The maximum Gasteiger partial charge on any atom is 0.278 e. The quantitative estimate of drug-likeness (QED) is 0.722. The number of nitriles is 1. The summed E-state index contributed by atoms with van der Waals surface area (Å²) in [5, 5.41) is 19.4. The van der Waals surface area contributed by atoms with E-state index in [1.165, 1.54) is 0 Å². The highest BCUT2D eigenvalue weighted by Crippen LogP contribution is 2.20. The lowest BCUT2D eigenvalue weighted by Crippen LogP contribution is -2.14. The van der Waals surface area contributed by atoms with E-state index in [9.17, 15) is 4.79 Å². The number of methoxy groups -OCH3 is 1. The number of rotatable bonds is 6. The van der Waals surface area contributed by atoms with Gasteiger partial charge in [-0.1, -0.05) is 11.3 Å². The Balaban J connectivity index is 1.76. The molecule has 8 heteroatoms. The highest BCUT2D eigenvalue weighted by Gasteiger charge is 2.17. The smallest absolute Gasteiger partial charge is 0.278 e. The van der Waals surface area contributed by atoms with Crippen LogP contribution in [-0.2, 0) is 0 Å². The van der Waals surface area contributed by atoms with E-state index in [-0.39, 0.29) is 18.2 Å². The first kappa shape index (κ1) is 17.9. The molecular formula is C19H17N5O3. The number of anilines is 1. The number of aromatic nitrogens is 3. The molecule has 0 fully saturated rings. The van der Waals surface area contributed by atoms with Crippen molar-refractivity contribution in [2.45, 2.75) is 6.92 Å². The van der Waals surface area contributed by atoms with Crippen LogP contribution in [0.25, 0.3) is 5.69 Å². The van der Waals surface area contributed by atoms with E-state index in [2.05, 4.69) is 15.6 Å². The van der Waals surface area contributed by atoms with Crippen molar-refractivity contribution in [3.8, 4) is 23.3 Å². The van der Waals surface area contributed by atoms with E-state index in [0.29, 0.717) is 22.9 Å². The second-order valence-corrected chi connectivity index (χ2v) is 5.56. The van der Waals surface area contributed by atoms with E-state index in [1.807, 2.05) is 30.3 Å². The third-order valence-corrected chi connectivity index (χ3v) is 3.82. The Hall–Kier alpha value is -3.86. The number of hydrogen-bond acceptors (Lipinski definition) is 6. The molecule has 1 heterocycles. The zero-order valence-electron chi connectivity index (χ0n) is 14.8. The number of ether oxygens (including phenoxy) is 2. The Labute approximate surface area is 155 Å². The molecule has 3 aromatic rings. The Morgan fingerprint density at radius 3 is 2.70 bits per heavy atom. The van der Waals surface area contributed by atoms with Gasteiger partial charge < -0.3 is 14.8 Å². The van der Waals surface area contributed by atoms with Gasteiger partial charge in [-0.2, -0.15) is 5.26 Å². The summed E-state index contributed by atoms with van der Waals surface area (Å²) < 4.78 is 12.0. The first-order valence-electron chi connectivity index (χ1n) is 8.10. The number of nitrogens with one attached hydrogen (secondary N) is 1. The zero-order valence-corrected chi connectivity index (χ0v) is 14.8. The van der Waals surface area contributed by atoms with Crippen LogP contribution in [0.5, 0.6) is 11.5 Å². The Morgan fingerprint density at radius 2 is 2.00 bits per heavy atom. The fourth-order valence-corrected chi connectivity index (χ4v) is 2.47. The minimum atomic E-state index is -0.368. The lowest BCUT2D eigenvalue weighted by Gasteiger charge is -2.07. The van der Waals surface area contributed by atoms with Gasteiger partial charge in [-0.3, -0.25) is 4.79 Å². The minimum Gasteiger partial charge on any atom is -0.497 e. The Kier molecular flexibility index (Phi) is 5.33. The highest BCUT2D eigenvalue weighted by molar-refractivity contribution is 6.03. The average molecular weight is 363 g/mol. The lowest BCUT2D eigenvalue weighted by atomic mass is 10.2. The predicted molar refractivity (Wildman–Crippen MR) is 98.2 cm³/mol. The summed E-state index contributed by atoms with van der Waals surface area (Å²) >= 11 is 0. The fourth-order valence-electron chi connectivity index (χ4n) is 2.47. The van der Waals surface area contributed by atoms with Gasteiger partial charge in [0.2, 0.25) is 0 Å². The summed E-state index contributed by atoms with van der Waals surface area (Å²) in [6.45, 7) is 1.74. The molecule has 0 atom stereocenters. The monoisotopic (exact) mass is 363 g/mol. The third kappa shape index (κ3) is 4.04. The summed E-state index contributed by atoms with van der Waals surface area (Å²) in [4.78, 5) is 12.5. The molecule has 136 valence electrons. The molecule has 0 bridgehead atoms. The minimum absolute atomic E-state index is 0.0295. The van der Waals surface area contributed by atoms with E-state index in [1.54, 1.807) is 43.0 Å². The molecular weight excluding hydrogens is 346 g/mol. The third-order valence-electron chi connectivity index (χ3n) is 3.82. The molecule has 1 amide bonds. The molecule has 0 saturated carbocycles. The lowest BCUT2D eigenvalue weighted by molar-refractivity contribution is 0.102. The van der Waals surface area contributed by atoms with E-state index in [0.717, 1.165) is 5.69 Å². The number of carbonyl (C=O) groups is 1. The van der Waals surface area contributed by atoms with Crippen molar-refractivity contribution in [3.63, 3.8) is 0 Å². The molecule has 27 heavy (non-hydrogen) atoms. The number of carbonyl (C=O) groups excluding carboxylic acids is 1. The SMILES string of the molecule is COc1cccc(-n2nnc(C(=O)Nc3ccc(OCC#N)cc3)c2C)c1. The molecule has 0 spiro atoms. The van der Waals surface area contributed by atoms with Gasteiger partial charge in [0.05, 0.1) is 18.5 Å². The van der Waals surface area contributed by atoms with Gasteiger partial charge in [0.1, 0.15) is 17.6 Å². The second-order valence-electron chi connectivity index (χ2n) is 5.56. The van der Waals surface area contributed by atoms with E-state index < -0.39 is 0 Å². The first-order chi connectivity index (χ1) is 13.1. The fraction of sp³-hybridized carbons (Fsp3) is 0.158. The van der Waals surface area contributed by atoms with Gasteiger partial charge >= 0.3 is 0 Å². The van der Waals surface area contributed by atoms with Gasteiger partial charge in [-0.05, 0) is 43.3 Å². The van der Waals surface area contributed by atoms with E-state index >= 15 is 0 Å². The van der Waals surface area contributed by atoms with E-state index in [4.69, 9.17) is 14.7 Å². The standard InChI is InChI=1S/C19H17N5O3/c1-13-18(22-23-24(13)15-4-3-5-17(12-15)26-2)19(25)21-14-6-8-16(9-7-14)27-11-10-20/h3-9,12H,11H2,1-2H3,(H,21,25). The van der Waals surface area contributed by atoms with Gasteiger partial charge in [0.25, 0.3) is 5.91 Å². The van der Waals surface area contributed by atoms with Crippen molar-refractivity contribution >= 4 is 11.6 Å². The van der Waals surface area contributed by atoms with Crippen LogP contribution >= 0.6 is 0 Å². The summed E-state index contributed by atoms with van der Waals surface area (Å²) in [5.41, 5.74) is 2.16. The van der Waals surface area contributed by atoms with Crippen LogP contribution < -0.4 is 14.8 Å². The van der Waals surface area contributed by atoms with Crippen molar-refractivity contribution in [3.05, 3.63) is 59.9 Å². The summed E-state index contributed by atoms with van der Waals surface area (Å²) in [6, 6.07) is 15.9. The van der Waals surface area contributed by atoms with Crippen molar-refractivity contribution in [2.75, 3.05) is 19.0 Å². The number of benzene rings is 2. The van der Waals surface area contributed by atoms with Crippen LogP contribution in [-0.4, -0.2) is 34.6 Å². The van der Waals surface area contributed by atoms with Crippen LogP contribution in [0.2, 0.25) is 0 Å². The van der Waals surface area contributed by atoms with Crippen molar-refractivity contribution < 1.29 is 14.3 Å². The molecule has 0 saturated heterocycles. The van der Waals surface area contributed by atoms with Crippen LogP contribution in [0.1, 0.15) is 16.2 Å². The normalized spacial score (nSPS) is 10.1. The zero-order chi connectivity index (χ0) is 19.2. The maximum absolute atomic E-state index is 12.5. The Bertz CT molecular complexity index is 989. The summed E-state index contributed by atoms with van der Waals surface area (Å²) in [5.74, 6) is 0.870. The van der Waals surface area contributed by atoms with Crippen molar-refractivity contribution in [2.24, 2.45) is 0 Å². The van der Waals surface area contributed by atoms with Crippen molar-refractivity contribution in [1.29, 1.82) is 5.26 Å². The number of hydrogen-bond donors (Lipinski definition) is 1. The average Bonchev–Trinajstić information content (AvgIpc) is 3.09. The first-order valence-corrected chi connectivity index (χ1v) is 8.10. The van der Waals surface area contributed by atoms with Crippen LogP contribution in [0.15, 0.2) is 48.5 Å². The summed E-state index contributed by atoms with van der Waals surface area (Å²) in [7, 11) is 1.59. The molecule has 0 unspecified atom stereocenters. The van der Waals surface area contributed by atoms with Crippen molar-refractivity contribution in [1.82, 2.24) is 15.0 Å². The van der Waals surface area contributed by atoms with Gasteiger partial charge in [-0.15, -0.1) is 5.10 Å². The molecule has 3 rings (SSSR count). The molecule has 1 aromatic heterocycles. The number of nitrogens with zero attached hydrogens (tertiary/aromatic N) is 4. The largest absolute Gasteiger partial charge is 0.497 e. The van der Waals surface area contributed by atoms with Crippen LogP contribution in [0.3, 0.4) is 0 Å². The molecule has 0 aliphatic rings. The van der Waals surface area contributed by atoms with Gasteiger partial charge in [0, 0.05) is 11.8 Å². The Morgan fingerprint density at radius 1 is 1.22 bits per heavy atom. The second kappa shape index (κ2) is 8.01. The maximum atomic E-state index is 12.5. The molecule has 1 N–H and O–H groups in total. The predicted octanol–water partition coefficient (Wildman–Crippen LogP) is 2.74. The highest BCUT2D eigenvalue weighted by atomic mass is 16.5. The number of amides is 1. The molecule has 8 nitrogen and oxygen atoms in total. The molecule has 0 aliphatic heterocycles. The summed E-state index contributed by atoms with van der Waals surface area (Å²) in [6.07, 6.45) is 0. The molecule has 2 aromatic carbocycles. The molecule has 0 aliphatic carbocycles. The van der Waals surface area contributed by atoms with Crippen LogP contribution in [0.4, 0.5) is 5.69 Å². The van der Waals surface area contributed by atoms with Gasteiger partial charge in [-0.25, -0.2) is 4.68 Å². The van der Waals surface area contributed by atoms with Gasteiger partial charge in [0.15, 0.2) is 12.3 Å². The topological polar surface area (TPSA) is 102 Å². The van der Waals surface area contributed by atoms with Crippen LogP contribution in [0, 0.1) is 18.3 Å².